The number of amides is 1. The highest BCUT2D eigenvalue weighted by Gasteiger charge is 2.66. The van der Waals surface area contributed by atoms with Crippen LogP contribution in [0.5, 0.6) is 5.75 Å². The SMILES string of the molecule is CO[C@]12C=CC(Oc3ccccc3)CC1=N[C@@]1(NC(=O)C(F)(F)F)CC[C@H]12. The second-order valence-corrected chi connectivity index (χ2v) is 7.06. The number of carbonyl (C=O) groups excluding carboxylic acids is 1. The van der Waals surface area contributed by atoms with Gasteiger partial charge in [0.2, 0.25) is 0 Å². The van der Waals surface area contributed by atoms with Crippen LogP contribution in [0.1, 0.15) is 19.3 Å². The highest BCUT2D eigenvalue weighted by atomic mass is 19.4. The quantitative estimate of drug-likeness (QED) is 0.817. The summed E-state index contributed by atoms with van der Waals surface area (Å²) in [4.78, 5) is 16.0. The van der Waals surface area contributed by atoms with Gasteiger partial charge in [0.25, 0.3) is 0 Å². The Morgan fingerprint density at radius 2 is 2.04 bits per heavy atom. The van der Waals surface area contributed by atoms with E-state index in [4.69, 9.17) is 9.47 Å². The van der Waals surface area contributed by atoms with Crippen LogP contribution < -0.4 is 10.1 Å². The van der Waals surface area contributed by atoms with Gasteiger partial charge in [0.1, 0.15) is 23.1 Å². The number of aliphatic imine (C=N–C) groups is 1. The summed E-state index contributed by atoms with van der Waals surface area (Å²) in [5, 5.41) is 2.11. The number of ether oxygens (including phenoxy) is 2. The number of halogens is 3. The number of benzene rings is 1. The molecular formula is C19H19F3N2O3. The number of carbonyl (C=O) groups is 1. The molecule has 4 rings (SSSR count). The third-order valence-electron chi connectivity index (χ3n) is 5.60. The summed E-state index contributed by atoms with van der Waals surface area (Å²) < 4.78 is 49.9. The fourth-order valence-corrected chi connectivity index (χ4v) is 4.25. The second kappa shape index (κ2) is 6.09. The summed E-state index contributed by atoms with van der Waals surface area (Å²) in [6.45, 7) is 0. The average Bonchev–Trinajstić information content (AvgIpc) is 2.79. The predicted molar refractivity (Wildman–Crippen MR) is 91.4 cm³/mol. The fraction of sp³-hybridized carbons (Fsp3) is 0.474. The van der Waals surface area contributed by atoms with Crippen LogP contribution in [0.4, 0.5) is 13.2 Å². The summed E-state index contributed by atoms with van der Waals surface area (Å²) in [6.07, 6.45) is -0.219. The summed E-state index contributed by atoms with van der Waals surface area (Å²) >= 11 is 0. The minimum Gasteiger partial charge on any atom is -0.486 e. The van der Waals surface area contributed by atoms with Gasteiger partial charge in [-0.3, -0.25) is 9.79 Å². The maximum atomic E-state index is 12.8. The Bertz CT molecular complexity index is 808. The number of hydrogen-bond acceptors (Lipinski definition) is 4. The number of nitrogens with one attached hydrogen (secondary N) is 1. The minimum atomic E-state index is -4.95. The molecule has 1 aromatic carbocycles. The van der Waals surface area contributed by atoms with E-state index in [1.165, 1.54) is 7.11 Å². The van der Waals surface area contributed by atoms with Gasteiger partial charge in [-0.05, 0) is 37.1 Å². The first kappa shape index (κ1) is 18.0. The smallest absolute Gasteiger partial charge is 0.471 e. The largest absolute Gasteiger partial charge is 0.486 e. The van der Waals surface area contributed by atoms with Gasteiger partial charge in [-0.15, -0.1) is 0 Å². The first-order valence-electron chi connectivity index (χ1n) is 8.74. The molecule has 4 atom stereocenters. The third-order valence-corrected chi connectivity index (χ3v) is 5.60. The van der Waals surface area contributed by atoms with Gasteiger partial charge in [-0.2, -0.15) is 13.2 Å². The van der Waals surface area contributed by atoms with E-state index in [0.29, 0.717) is 30.7 Å². The van der Waals surface area contributed by atoms with Gasteiger partial charge < -0.3 is 14.8 Å². The molecule has 0 spiro atoms. The molecule has 2 aliphatic carbocycles. The van der Waals surface area contributed by atoms with Crippen molar-refractivity contribution >= 4 is 11.6 Å². The van der Waals surface area contributed by atoms with Crippen molar-refractivity contribution in [2.24, 2.45) is 10.9 Å². The van der Waals surface area contributed by atoms with Crippen LogP contribution in [0.25, 0.3) is 0 Å². The Morgan fingerprint density at radius 3 is 2.63 bits per heavy atom. The molecule has 5 nitrogen and oxygen atoms in total. The molecule has 1 aliphatic heterocycles. The Morgan fingerprint density at radius 1 is 1.30 bits per heavy atom. The average molecular weight is 380 g/mol. The van der Waals surface area contributed by atoms with E-state index in [2.05, 4.69) is 10.3 Å². The van der Waals surface area contributed by atoms with E-state index in [1.54, 1.807) is 0 Å². The second-order valence-electron chi connectivity index (χ2n) is 7.06. The number of fused-ring (bicyclic) bond motifs is 3. The third kappa shape index (κ3) is 2.82. The molecule has 144 valence electrons. The zero-order valence-corrected chi connectivity index (χ0v) is 14.6. The highest BCUT2D eigenvalue weighted by molar-refractivity contribution is 6.00. The van der Waals surface area contributed by atoms with Crippen molar-refractivity contribution in [3.63, 3.8) is 0 Å². The molecule has 0 saturated heterocycles. The lowest BCUT2D eigenvalue weighted by Gasteiger charge is -2.49. The number of nitrogens with zero attached hydrogens (tertiary/aromatic N) is 1. The van der Waals surface area contributed by atoms with Crippen molar-refractivity contribution in [2.45, 2.75) is 42.8 Å². The molecule has 1 heterocycles. The maximum Gasteiger partial charge on any atom is 0.471 e. The van der Waals surface area contributed by atoms with Crippen LogP contribution >= 0.6 is 0 Å². The maximum absolute atomic E-state index is 12.8. The van der Waals surface area contributed by atoms with Crippen molar-refractivity contribution in [3.8, 4) is 5.75 Å². The van der Waals surface area contributed by atoms with E-state index in [9.17, 15) is 18.0 Å². The summed E-state index contributed by atoms with van der Waals surface area (Å²) in [5.41, 5.74) is -1.55. The molecule has 1 N–H and O–H groups in total. The predicted octanol–water partition coefficient (Wildman–Crippen LogP) is 3.02. The molecule has 1 unspecified atom stereocenters. The Hall–Kier alpha value is -2.35. The zero-order chi connectivity index (χ0) is 19.3. The number of para-hydroxylation sites is 1. The number of methoxy groups -OCH3 is 1. The number of alkyl halides is 3. The van der Waals surface area contributed by atoms with E-state index >= 15 is 0 Å². The molecule has 0 radical (unpaired) electrons. The van der Waals surface area contributed by atoms with Gasteiger partial charge in [-0.25, -0.2) is 0 Å². The minimum absolute atomic E-state index is 0.303. The normalized spacial score (nSPS) is 34.1. The fourth-order valence-electron chi connectivity index (χ4n) is 4.25. The van der Waals surface area contributed by atoms with Crippen molar-refractivity contribution in [3.05, 3.63) is 42.5 Å². The Labute approximate surface area is 154 Å². The van der Waals surface area contributed by atoms with E-state index in [1.807, 2.05) is 42.5 Å². The summed E-state index contributed by atoms with van der Waals surface area (Å²) in [5.74, 6) is -1.63. The van der Waals surface area contributed by atoms with E-state index in [-0.39, 0.29) is 12.0 Å². The van der Waals surface area contributed by atoms with E-state index < -0.39 is 23.3 Å². The van der Waals surface area contributed by atoms with Crippen LogP contribution in [-0.2, 0) is 9.53 Å². The van der Waals surface area contributed by atoms with Crippen LogP contribution in [-0.4, -0.2) is 42.3 Å². The van der Waals surface area contributed by atoms with Crippen molar-refractivity contribution in [2.75, 3.05) is 7.11 Å². The Kier molecular flexibility index (Phi) is 4.06. The molecule has 8 heteroatoms. The lowest BCUT2D eigenvalue weighted by atomic mass is 9.64. The summed E-state index contributed by atoms with van der Waals surface area (Å²) in [6, 6.07) is 9.26. The van der Waals surface area contributed by atoms with Gasteiger partial charge in [0.15, 0.2) is 0 Å². The first-order chi connectivity index (χ1) is 12.8. The lowest BCUT2D eigenvalue weighted by Crippen LogP contribution is -2.64. The van der Waals surface area contributed by atoms with Crippen LogP contribution in [0.15, 0.2) is 47.5 Å². The molecule has 1 amide bonds. The molecule has 1 aromatic rings. The topological polar surface area (TPSA) is 59.9 Å². The monoisotopic (exact) mass is 380 g/mol. The standard InChI is InChI=1S/C19H19F3N2O3/c1-26-17-9-7-13(27-12-5-3-2-4-6-12)11-15(17)23-18(10-8-14(17)18)24-16(25)19(20,21)22/h2-7,9,13-14H,8,10-11H2,1H3,(H,24,25)/t13?,14-,17-,18+/m0/s1. The number of hydrogen-bond donors (Lipinski definition) is 1. The Balaban J connectivity index is 1.59. The molecule has 0 bridgehead atoms. The van der Waals surface area contributed by atoms with Crippen LogP contribution in [0.3, 0.4) is 0 Å². The van der Waals surface area contributed by atoms with Gasteiger partial charge in [0, 0.05) is 19.4 Å². The van der Waals surface area contributed by atoms with Crippen molar-refractivity contribution in [1.82, 2.24) is 5.32 Å². The molecule has 1 fully saturated rings. The van der Waals surface area contributed by atoms with Gasteiger partial charge in [-0.1, -0.05) is 18.2 Å². The van der Waals surface area contributed by atoms with E-state index in [0.717, 1.165) is 0 Å². The van der Waals surface area contributed by atoms with Crippen molar-refractivity contribution in [1.29, 1.82) is 0 Å². The number of rotatable bonds is 4. The molecule has 1 saturated carbocycles. The summed E-state index contributed by atoms with van der Waals surface area (Å²) in [7, 11) is 1.51. The van der Waals surface area contributed by atoms with Crippen LogP contribution in [0, 0.1) is 5.92 Å². The molecule has 0 aromatic heterocycles. The molecular weight excluding hydrogens is 361 g/mol. The highest BCUT2D eigenvalue weighted by Crippen LogP contribution is 2.55. The zero-order valence-electron chi connectivity index (χ0n) is 14.6. The van der Waals surface area contributed by atoms with Crippen LogP contribution in [0.2, 0.25) is 0 Å². The van der Waals surface area contributed by atoms with Gasteiger partial charge in [0.05, 0.1) is 5.71 Å². The van der Waals surface area contributed by atoms with Gasteiger partial charge >= 0.3 is 12.1 Å². The lowest BCUT2D eigenvalue weighted by molar-refractivity contribution is -0.179. The molecule has 3 aliphatic rings. The van der Waals surface area contributed by atoms with Crippen molar-refractivity contribution < 1.29 is 27.4 Å². The first-order valence-corrected chi connectivity index (χ1v) is 8.74. The molecule has 27 heavy (non-hydrogen) atoms.